The number of benzene rings is 2. The topological polar surface area (TPSA) is 58.2 Å². The fourth-order valence-corrected chi connectivity index (χ4v) is 3.09. The molecule has 0 aromatic heterocycles. The Morgan fingerprint density at radius 3 is 2.45 bits per heavy atom. The van der Waals surface area contributed by atoms with Crippen molar-refractivity contribution >= 4 is 33.0 Å². The third-order valence-electron chi connectivity index (χ3n) is 3.29. The van der Waals surface area contributed by atoms with Gasteiger partial charge >= 0.3 is 0 Å². The fraction of sp³-hybridized carbons (Fsp3) is 0.250. The molecule has 0 aliphatic carbocycles. The molecule has 0 radical (unpaired) electrons. The predicted octanol–water partition coefficient (Wildman–Crippen LogP) is 4.19. The molecule has 0 spiro atoms. The molecule has 2 N–H and O–H groups in total. The molecule has 1 atom stereocenters. The average Bonchev–Trinajstić information content (AvgIpc) is 2.41. The average molecular weight is 339 g/mol. The molecule has 2 aromatic rings. The largest absolute Gasteiger partial charge is 0.378 e. The SMILES string of the molecule is Cc1ccc(N[C@H](C)c2ccccc2Cl)cc1NS(C)(=O)=O. The first-order chi connectivity index (χ1) is 10.3. The van der Waals surface area contributed by atoms with Crippen molar-refractivity contribution in [1.82, 2.24) is 0 Å². The molecular formula is C16H19ClN2O2S. The van der Waals surface area contributed by atoms with Crippen LogP contribution in [0.25, 0.3) is 0 Å². The van der Waals surface area contributed by atoms with E-state index in [4.69, 9.17) is 11.6 Å². The third kappa shape index (κ3) is 4.39. The van der Waals surface area contributed by atoms with Gasteiger partial charge in [0.25, 0.3) is 0 Å². The van der Waals surface area contributed by atoms with Crippen LogP contribution in [0.4, 0.5) is 11.4 Å². The van der Waals surface area contributed by atoms with Gasteiger partial charge in [0, 0.05) is 16.8 Å². The highest BCUT2D eigenvalue weighted by atomic mass is 35.5. The second kappa shape index (κ2) is 6.58. The van der Waals surface area contributed by atoms with Crippen LogP contribution in [-0.2, 0) is 10.0 Å². The first-order valence-electron chi connectivity index (χ1n) is 6.85. The van der Waals surface area contributed by atoms with E-state index in [-0.39, 0.29) is 6.04 Å². The van der Waals surface area contributed by atoms with E-state index in [1.807, 2.05) is 50.2 Å². The molecule has 0 aliphatic rings. The van der Waals surface area contributed by atoms with E-state index in [0.717, 1.165) is 23.1 Å². The van der Waals surface area contributed by atoms with E-state index in [1.165, 1.54) is 0 Å². The molecule has 6 heteroatoms. The number of hydrogen-bond donors (Lipinski definition) is 2. The first kappa shape index (κ1) is 16.6. The van der Waals surface area contributed by atoms with Crippen molar-refractivity contribution < 1.29 is 8.42 Å². The summed E-state index contributed by atoms with van der Waals surface area (Å²) in [7, 11) is -3.30. The molecule has 2 rings (SSSR count). The van der Waals surface area contributed by atoms with Gasteiger partial charge in [0.15, 0.2) is 0 Å². The predicted molar refractivity (Wildman–Crippen MR) is 93.1 cm³/mol. The van der Waals surface area contributed by atoms with Crippen molar-refractivity contribution in [2.24, 2.45) is 0 Å². The quantitative estimate of drug-likeness (QED) is 0.859. The molecule has 0 fully saturated rings. The zero-order valence-electron chi connectivity index (χ0n) is 12.7. The Balaban J connectivity index is 2.23. The van der Waals surface area contributed by atoms with E-state index >= 15 is 0 Å². The van der Waals surface area contributed by atoms with E-state index in [0.29, 0.717) is 10.7 Å². The molecule has 0 amide bonds. The summed E-state index contributed by atoms with van der Waals surface area (Å²) in [5.74, 6) is 0. The number of aryl methyl sites for hydroxylation is 1. The van der Waals surface area contributed by atoms with Gasteiger partial charge in [0.2, 0.25) is 10.0 Å². The van der Waals surface area contributed by atoms with Gasteiger partial charge < -0.3 is 5.32 Å². The van der Waals surface area contributed by atoms with Crippen molar-refractivity contribution in [2.45, 2.75) is 19.9 Å². The lowest BCUT2D eigenvalue weighted by Gasteiger charge is -2.18. The summed E-state index contributed by atoms with van der Waals surface area (Å²) in [6, 6.07) is 13.2. The lowest BCUT2D eigenvalue weighted by atomic mass is 10.1. The van der Waals surface area contributed by atoms with Gasteiger partial charge in [-0.05, 0) is 43.2 Å². The molecule has 0 saturated carbocycles. The number of rotatable bonds is 5. The minimum Gasteiger partial charge on any atom is -0.378 e. The zero-order valence-corrected chi connectivity index (χ0v) is 14.3. The molecule has 4 nitrogen and oxygen atoms in total. The molecule has 118 valence electrons. The minimum absolute atomic E-state index is 0.00231. The highest BCUT2D eigenvalue weighted by Crippen LogP contribution is 2.28. The van der Waals surface area contributed by atoms with Crippen molar-refractivity contribution in [1.29, 1.82) is 0 Å². The van der Waals surface area contributed by atoms with Crippen LogP contribution in [0, 0.1) is 6.92 Å². The summed E-state index contributed by atoms with van der Waals surface area (Å²) >= 11 is 6.20. The van der Waals surface area contributed by atoms with E-state index in [2.05, 4.69) is 10.0 Å². The number of nitrogens with one attached hydrogen (secondary N) is 2. The second-order valence-corrected chi connectivity index (χ2v) is 7.45. The monoisotopic (exact) mass is 338 g/mol. The summed E-state index contributed by atoms with van der Waals surface area (Å²) in [4.78, 5) is 0. The van der Waals surface area contributed by atoms with Crippen LogP contribution in [0.5, 0.6) is 0 Å². The Bertz CT molecular complexity index is 775. The Kier molecular flexibility index (Phi) is 4.98. The van der Waals surface area contributed by atoms with Crippen LogP contribution >= 0.6 is 11.6 Å². The molecular weight excluding hydrogens is 320 g/mol. The summed E-state index contributed by atoms with van der Waals surface area (Å²) in [6.45, 7) is 3.86. The number of halogens is 1. The Labute approximate surface area is 136 Å². The number of sulfonamides is 1. The van der Waals surface area contributed by atoms with Gasteiger partial charge in [0.05, 0.1) is 11.9 Å². The summed E-state index contributed by atoms with van der Waals surface area (Å²) in [5.41, 5.74) is 3.24. The zero-order chi connectivity index (χ0) is 16.3. The van der Waals surface area contributed by atoms with Crippen molar-refractivity contribution in [3.05, 3.63) is 58.6 Å². The lowest BCUT2D eigenvalue weighted by Crippen LogP contribution is -2.12. The molecule has 0 heterocycles. The Morgan fingerprint density at radius 1 is 1.14 bits per heavy atom. The standard InChI is InChI=1S/C16H19ClN2O2S/c1-11-8-9-13(10-16(11)19-22(3,20)21)18-12(2)14-6-4-5-7-15(14)17/h4-10,12,18-19H,1-3H3/t12-/m1/s1. The van der Waals surface area contributed by atoms with Gasteiger partial charge in [-0.15, -0.1) is 0 Å². The maximum absolute atomic E-state index is 11.4. The molecule has 22 heavy (non-hydrogen) atoms. The van der Waals surface area contributed by atoms with Crippen LogP contribution in [0.3, 0.4) is 0 Å². The number of anilines is 2. The molecule has 2 aromatic carbocycles. The van der Waals surface area contributed by atoms with Crippen LogP contribution < -0.4 is 10.0 Å². The summed E-state index contributed by atoms with van der Waals surface area (Å²) < 4.78 is 25.3. The summed E-state index contributed by atoms with van der Waals surface area (Å²) in [6.07, 6.45) is 1.14. The van der Waals surface area contributed by atoms with Gasteiger partial charge in [-0.25, -0.2) is 8.42 Å². The number of hydrogen-bond acceptors (Lipinski definition) is 3. The van der Waals surface area contributed by atoms with Crippen molar-refractivity contribution in [2.75, 3.05) is 16.3 Å². The minimum atomic E-state index is -3.30. The van der Waals surface area contributed by atoms with E-state index in [1.54, 1.807) is 6.07 Å². The van der Waals surface area contributed by atoms with Gasteiger partial charge in [-0.2, -0.15) is 0 Å². The molecule has 0 aliphatic heterocycles. The highest BCUT2D eigenvalue weighted by molar-refractivity contribution is 7.92. The second-order valence-electron chi connectivity index (χ2n) is 5.29. The summed E-state index contributed by atoms with van der Waals surface area (Å²) in [5, 5.41) is 4.03. The molecule has 0 bridgehead atoms. The highest BCUT2D eigenvalue weighted by Gasteiger charge is 2.11. The molecule has 0 unspecified atom stereocenters. The Hall–Kier alpha value is -1.72. The van der Waals surface area contributed by atoms with Gasteiger partial charge in [0.1, 0.15) is 0 Å². The maximum Gasteiger partial charge on any atom is 0.229 e. The van der Waals surface area contributed by atoms with Crippen LogP contribution in [0.15, 0.2) is 42.5 Å². The van der Waals surface area contributed by atoms with Crippen LogP contribution in [0.1, 0.15) is 24.1 Å². The third-order valence-corrected chi connectivity index (χ3v) is 4.22. The van der Waals surface area contributed by atoms with E-state index in [9.17, 15) is 8.42 Å². The lowest BCUT2D eigenvalue weighted by molar-refractivity contribution is 0.607. The van der Waals surface area contributed by atoms with Crippen LogP contribution in [-0.4, -0.2) is 14.7 Å². The van der Waals surface area contributed by atoms with Crippen LogP contribution in [0.2, 0.25) is 5.02 Å². The Morgan fingerprint density at radius 2 is 1.82 bits per heavy atom. The molecule has 0 saturated heterocycles. The van der Waals surface area contributed by atoms with Crippen molar-refractivity contribution in [3.8, 4) is 0 Å². The fourth-order valence-electron chi connectivity index (χ4n) is 2.18. The maximum atomic E-state index is 11.4. The first-order valence-corrected chi connectivity index (χ1v) is 9.12. The van der Waals surface area contributed by atoms with Gasteiger partial charge in [-0.1, -0.05) is 35.9 Å². The van der Waals surface area contributed by atoms with Gasteiger partial charge in [-0.3, -0.25) is 4.72 Å². The van der Waals surface area contributed by atoms with Crippen molar-refractivity contribution in [3.63, 3.8) is 0 Å². The normalized spacial score (nSPS) is 12.7. The van der Waals surface area contributed by atoms with E-state index < -0.39 is 10.0 Å². The smallest absolute Gasteiger partial charge is 0.229 e.